The van der Waals surface area contributed by atoms with Crippen LogP contribution in [0.15, 0.2) is 71.1 Å². The molecule has 0 aliphatic rings. The van der Waals surface area contributed by atoms with Gasteiger partial charge in [-0.1, -0.05) is 42.5 Å². The number of imidazole rings is 1. The van der Waals surface area contributed by atoms with Crippen molar-refractivity contribution in [3.8, 4) is 28.3 Å². The molecule has 4 heteroatoms. The number of hydrogen-bond donors (Lipinski definition) is 1. The Balaban J connectivity index is 1.75. The van der Waals surface area contributed by atoms with Gasteiger partial charge in [-0.15, -0.1) is 0 Å². The largest absolute Gasteiger partial charge is 0.496 e. The van der Waals surface area contributed by atoms with Crippen molar-refractivity contribution in [2.75, 3.05) is 7.11 Å². The molecule has 5 rings (SSSR count). The lowest BCUT2D eigenvalue weighted by Gasteiger charge is -2.07. The van der Waals surface area contributed by atoms with E-state index >= 15 is 0 Å². The number of hydrogen-bond acceptors (Lipinski definition) is 3. The van der Waals surface area contributed by atoms with Crippen LogP contribution in [0.2, 0.25) is 0 Å². The monoisotopic (exact) mass is 354 g/mol. The van der Waals surface area contributed by atoms with Gasteiger partial charge in [-0.05, 0) is 36.8 Å². The minimum absolute atomic E-state index is 0.763. The Bertz CT molecular complexity index is 1230. The molecule has 1 N–H and O–H groups in total. The van der Waals surface area contributed by atoms with Crippen molar-refractivity contribution in [3.63, 3.8) is 0 Å². The molecule has 5 aromatic rings. The lowest BCUT2D eigenvalue weighted by Crippen LogP contribution is -1.90. The number of ether oxygens (including phenoxy) is 1. The van der Waals surface area contributed by atoms with Gasteiger partial charge in [-0.25, -0.2) is 4.98 Å². The van der Waals surface area contributed by atoms with Crippen LogP contribution in [-0.4, -0.2) is 17.1 Å². The summed E-state index contributed by atoms with van der Waals surface area (Å²) in [6.45, 7) is 2.00. The molecule has 2 aromatic heterocycles. The van der Waals surface area contributed by atoms with E-state index < -0.39 is 0 Å². The number of aromatic nitrogens is 2. The SMILES string of the molecule is COc1cc2c(-c3ccccc3)c(C)oc2cc1-c1nc2ccccc2[nH]1. The molecular formula is C23H18N2O2. The van der Waals surface area contributed by atoms with Crippen molar-refractivity contribution in [1.82, 2.24) is 9.97 Å². The number of para-hydroxylation sites is 2. The summed E-state index contributed by atoms with van der Waals surface area (Å²) < 4.78 is 11.8. The Kier molecular flexibility index (Phi) is 3.50. The molecule has 0 aliphatic heterocycles. The molecule has 0 atom stereocenters. The Morgan fingerprint density at radius 2 is 1.74 bits per heavy atom. The first kappa shape index (κ1) is 15.7. The van der Waals surface area contributed by atoms with E-state index in [1.54, 1.807) is 7.11 Å². The summed E-state index contributed by atoms with van der Waals surface area (Å²) in [5, 5.41) is 1.04. The van der Waals surface area contributed by atoms with Gasteiger partial charge in [0.15, 0.2) is 0 Å². The zero-order valence-electron chi connectivity index (χ0n) is 15.1. The fourth-order valence-electron chi connectivity index (χ4n) is 3.64. The van der Waals surface area contributed by atoms with E-state index in [-0.39, 0.29) is 0 Å². The average Bonchev–Trinajstić information content (AvgIpc) is 3.27. The summed E-state index contributed by atoms with van der Waals surface area (Å²) in [5.41, 5.74) is 5.86. The Labute approximate surface area is 156 Å². The normalized spacial score (nSPS) is 11.3. The van der Waals surface area contributed by atoms with Gasteiger partial charge in [0.05, 0.1) is 23.7 Å². The van der Waals surface area contributed by atoms with Crippen molar-refractivity contribution < 1.29 is 9.15 Å². The van der Waals surface area contributed by atoms with Crippen LogP contribution in [0.3, 0.4) is 0 Å². The van der Waals surface area contributed by atoms with Crippen molar-refractivity contribution in [3.05, 3.63) is 72.5 Å². The van der Waals surface area contributed by atoms with Gasteiger partial charge >= 0.3 is 0 Å². The first-order valence-electron chi connectivity index (χ1n) is 8.86. The number of rotatable bonds is 3. The highest BCUT2D eigenvalue weighted by atomic mass is 16.5. The number of benzene rings is 3. The predicted octanol–water partition coefficient (Wildman–Crippen LogP) is 5.96. The number of methoxy groups -OCH3 is 1. The molecule has 0 radical (unpaired) electrons. The second-order valence-corrected chi connectivity index (χ2v) is 6.55. The smallest absolute Gasteiger partial charge is 0.142 e. The van der Waals surface area contributed by atoms with E-state index in [9.17, 15) is 0 Å². The molecule has 0 saturated heterocycles. The van der Waals surface area contributed by atoms with Crippen LogP contribution in [0.4, 0.5) is 0 Å². The molecule has 0 bridgehead atoms. The summed E-state index contributed by atoms with van der Waals surface area (Å²) in [6.07, 6.45) is 0. The summed E-state index contributed by atoms with van der Waals surface area (Å²) in [7, 11) is 1.68. The van der Waals surface area contributed by atoms with Gasteiger partial charge in [0.2, 0.25) is 0 Å². The summed E-state index contributed by atoms with van der Waals surface area (Å²) in [6, 6.07) is 22.3. The lowest BCUT2D eigenvalue weighted by molar-refractivity contribution is 0.416. The molecule has 132 valence electrons. The molecule has 3 aromatic carbocycles. The summed E-state index contributed by atoms with van der Waals surface area (Å²) in [5.74, 6) is 2.42. The van der Waals surface area contributed by atoms with Crippen molar-refractivity contribution in [2.45, 2.75) is 6.92 Å². The molecule has 0 fully saturated rings. The molecule has 27 heavy (non-hydrogen) atoms. The van der Waals surface area contributed by atoms with E-state index in [0.717, 1.165) is 56.0 Å². The van der Waals surface area contributed by atoms with Crippen LogP contribution >= 0.6 is 0 Å². The third-order valence-corrected chi connectivity index (χ3v) is 4.89. The van der Waals surface area contributed by atoms with Gasteiger partial charge in [0, 0.05) is 10.9 Å². The van der Waals surface area contributed by atoms with Crippen molar-refractivity contribution in [2.24, 2.45) is 0 Å². The number of furan rings is 1. The molecule has 4 nitrogen and oxygen atoms in total. The quantitative estimate of drug-likeness (QED) is 0.435. The minimum atomic E-state index is 0.763. The fourth-order valence-corrected chi connectivity index (χ4v) is 3.64. The Morgan fingerprint density at radius 3 is 2.52 bits per heavy atom. The lowest BCUT2D eigenvalue weighted by atomic mass is 10.0. The maximum Gasteiger partial charge on any atom is 0.142 e. The number of aromatic amines is 1. The molecule has 0 amide bonds. The summed E-state index contributed by atoms with van der Waals surface area (Å²) >= 11 is 0. The Hall–Kier alpha value is -3.53. The number of H-pyrrole nitrogens is 1. The van der Waals surface area contributed by atoms with Crippen LogP contribution < -0.4 is 4.74 Å². The van der Waals surface area contributed by atoms with E-state index in [2.05, 4.69) is 17.1 Å². The highest BCUT2D eigenvalue weighted by Gasteiger charge is 2.18. The van der Waals surface area contributed by atoms with Crippen LogP contribution in [0.1, 0.15) is 5.76 Å². The molecule has 0 saturated carbocycles. The zero-order valence-corrected chi connectivity index (χ0v) is 15.1. The first-order valence-corrected chi connectivity index (χ1v) is 8.86. The van der Waals surface area contributed by atoms with Crippen LogP contribution in [0.25, 0.3) is 44.5 Å². The second kappa shape index (κ2) is 6.02. The minimum Gasteiger partial charge on any atom is -0.496 e. The van der Waals surface area contributed by atoms with E-state index in [1.165, 1.54) is 0 Å². The average molecular weight is 354 g/mol. The van der Waals surface area contributed by atoms with Gasteiger partial charge in [-0.3, -0.25) is 0 Å². The topological polar surface area (TPSA) is 51.1 Å². The van der Waals surface area contributed by atoms with E-state index in [4.69, 9.17) is 14.1 Å². The molecule has 2 heterocycles. The molecular weight excluding hydrogens is 336 g/mol. The fraction of sp³-hybridized carbons (Fsp3) is 0.0870. The van der Waals surface area contributed by atoms with Crippen LogP contribution in [0, 0.1) is 6.92 Å². The van der Waals surface area contributed by atoms with Crippen LogP contribution in [0.5, 0.6) is 5.75 Å². The van der Waals surface area contributed by atoms with Gasteiger partial charge < -0.3 is 14.1 Å². The molecule has 0 aliphatic carbocycles. The standard InChI is InChI=1S/C23H18N2O2/c1-14-22(15-8-4-3-5-9-15)16-12-20(26-2)17(13-21(16)27-14)23-24-18-10-6-7-11-19(18)25-23/h3-13H,1-2H3,(H,24,25). The van der Waals surface area contributed by atoms with Crippen molar-refractivity contribution >= 4 is 22.0 Å². The zero-order chi connectivity index (χ0) is 18.4. The predicted molar refractivity (Wildman–Crippen MR) is 108 cm³/mol. The van der Waals surface area contributed by atoms with Gasteiger partial charge in [-0.2, -0.15) is 0 Å². The van der Waals surface area contributed by atoms with E-state index in [1.807, 2.05) is 61.5 Å². The third-order valence-electron chi connectivity index (χ3n) is 4.89. The number of nitrogens with one attached hydrogen (secondary N) is 1. The number of fused-ring (bicyclic) bond motifs is 2. The van der Waals surface area contributed by atoms with E-state index in [0.29, 0.717) is 0 Å². The molecule has 0 unspecified atom stereocenters. The first-order chi connectivity index (χ1) is 13.2. The third kappa shape index (κ3) is 2.49. The second-order valence-electron chi connectivity index (χ2n) is 6.55. The Morgan fingerprint density at radius 1 is 0.963 bits per heavy atom. The number of aryl methyl sites for hydroxylation is 1. The maximum absolute atomic E-state index is 6.09. The van der Waals surface area contributed by atoms with Gasteiger partial charge in [0.25, 0.3) is 0 Å². The number of nitrogens with zero attached hydrogens (tertiary/aromatic N) is 1. The summed E-state index contributed by atoms with van der Waals surface area (Å²) in [4.78, 5) is 8.08. The highest BCUT2D eigenvalue weighted by Crippen LogP contribution is 2.40. The highest BCUT2D eigenvalue weighted by molar-refractivity contribution is 5.99. The maximum atomic E-state index is 6.09. The van der Waals surface area contributed by atoms with Crippen LogP contribution in [-0.2, 0) is 0 Å². The molecule has 0 spiro atoms. The van der Waals surface area contributed by atoms with Crippen molar-refractivity contribution in [1.29, 1.82) is 0 Å². The van der Waals surface area contributed by atoms with Gasteiger partial charge in [0.1, 0.15) is 22.9 Å².